The lowest BCUT2D eigenvalue weighted by molar-refractivity contribution is 0.191. The van der Waals surface area contributed by atoms with Gasteiger partial charge in [0.05, 0.1) is 6.10 Å². The lowest BCUT2D eigenvalue weighted by Gasteiger charge is -2.12. The quantitative estimate of drug-likeness (QED) is 0.888. The third-order valence-electron chi connectivity index (χ3n) is 2.80. The molecule has 7 heteroatoms. The van der Waals surface area contributed by atoms with E-state index in [0.29, 0.717) is 16.6 Å². The normalized spacial score (nSPS) is 12.6. The van der Waals surface area contributed by atoms with Crippen LogP contribution in [-0.4, -0.2) is 19.9 Å². The summed E-state index contributed by atoms with van der Waals surface area (Å²) >= 11 is 1.16. The maximum atomic E-state index is 13.8. The van der Waals surface area contributed by atoms with Gasteiger partial charge in [0.15, 0.2) is 5.16 Å². The zero-order chi connectivity index (χ0) is 14.7. The van der Waals surface area contributed by atoms with Crippen molar-refractivity contribution in [1.82, 2.24) is 14.8 Å². The topological polar surface area (TPSA) is 70.9 Å². The molecule has 0 spiro atoms. The minimum Gasteiger partial charge on any atom is -0.389 e. The first kappa shape index (κ1) is 14.8. The van der Waals surface area contributed by atoms with Crippen LogP contribution in [0.1, 0.15) is 31.9 Å². The first-order valence-corrected chi connectivity index (χ1v) is 7.15. The van der Waals surface area contributed by atoms with Crippen molar-refractivity contribution in [3.63, 3.8) is 0 Å². The number of nitrogens with zero attached hydrogens (tertiary/aromatic N) is 2. The number of rotatable bonds is 5. The van der Waals surface area contributed by atoms with Crippen molar-refractivity contribution in [1.29, 1.82) is 0 Å². The Morgan fingerprint density at radius 1 is 1.55 bits per heavy atom. The number of aliphatic hydroxyl groups is 1. The standard InChI is InChI=1S/C13H16FN3O2S/c1-3-7-17-12(19)15-16-13(17)20-10-6-4-5-9(14)11(10)8(2)18/h4-6,8,18H,3,7H2,1-2H3,(H,15,19). The van der Waals surface area contributed by atoms with Gasteiger partial charge in [-0.2, -0.15) is 0 Å². The highest BCUT2D eigenvalue weighted by atomic mass is 32.2. The van der Waals surface area contributed by atoms with E-state index in [2.05, 4.69) is 10.2 Å². The Hall–Kier alpha value is -1.60. The predicted octanol–water partition coefficient (Wildman–Crippen LogP) is 2.32. The predicted molar refractivity (Wildman–Crippen MR) is 74.3 cm³/mol. The lowest BCUT2D eigenvalue weighted by Crippen LogP contribution is -2.17. The molecule has 108 valence electrons. The monoisotopic (exact) mass is 297 g/mol. The molecular formula is C13H16FN3O2S. The minimum atomic E-state index is -0.927. The molecule has 0 aliphatic rings. The van der Waals surface area contributed by atoms with Gasteiger partial charge in [0.1, 0.15) is 5.82 Å². The molecule has 5 nitrogen and oxygen atoms in total. The van der Waals surface area contributed by atoms with E-state index in [0.717, 1.165) is 18.2 Å². The summed E-state index contributed by atoms with van der Waals surface area (Å²) in [6.45, 7) is 4.00. The maximum Gasteiger partial charge on any atom is 0.343 e. The zero-order valence-corrected chi connectivity index (χ0v) is 12.1. The van der Waals surface area contributed by atoms with Gasteiger partial charge in [-0.25, -0.2) is 14.3 Å². The number of nitrogens with one attached hydrogen (secondary N) is 1. The van der Waals surface area contributed by atoms with Crippen molar-refractivity contribution < 1.29 is 9.50 Å². The molecule has 2 rings (SSSR count). The number of halogens is 1. The van der Waals surface area contributed by atoms with Crippen molar-refractivity contribution in [3.8, 4) is 0 Å². The highest BCUT2D eigenvalue weighted by molar-refractivity contribution is 7.99. The number of aromatic amines is 1. The van der Waals surface area contributed by atoms with E-state index in [9.17, 15) is 14.3 Å². The second kappa shape index (κ2) is 6.23. The number of aliphatic hydroxyl groups excluding tert-OH is 1. The Kier molecular flexibility index (Phi) is 4.61. The van der Waals surface area contributed by atoms with Gasteiger partial charge < -0.3 is 5.11 Å². The molecule has 0 aliphatic heterocycles. The van der Waals surface area contributed by atoms with E-state index in [4.69, 9.17) is 0 Å². The molecule has 1 unspecified atom stereocenters. The Bertz CT molecular complexity index is 651. The average Bonchev–Trinajstić information content (AvgIpc) is 2.72. The molecule has 0 saturated heterocycles. The van der Waals surface area contributed by atoms with Crippen LogP contribution in [0.4, 0.5) is 4.39 Å². The van der Waals surface area contributed by atoms with Crippen LogP contribution in [0.2, 0.25) is 0 Å². The summed E-state index contributed by atoms with van der Waals surface area (Å²) in [4.78, 5) is 12.2. The van der Waals surface area contributed by atoms with Crippen molar-refractivity contribution in [2.75, 3.05) is 0 Å². The molecule has 1 aromatic carbocycles. The summed E-state index contributed by atoms with van der Waals surface area (Å²) in [5, 5.41) is 16.5. The number of hydrogen-bond donors (Lipinski definition) is 2. The molecule has 1 heterocycles. The molecular weight excluding hydrogens is 281 g/mol. The van der Waals surface area contributed by atoms with Gasteiger partial charge in [0.2, 0.25) is 0 Å². The van der Waals surface area contributed by atoms with Gasteiger partial charge in [-0.3, -0.25) is 4.57 Å². The third kappa shape index (κ3) is 2.94. The summed E-state index contributed by atoms with van der Waals surface area (Å²) in [6.07, 6.45) is -0.136. The summed E-state index contributed by atoms with van der Waals surface area (Å²) in [6, 6.07) is 4.57. The van der Waals surface area contributed by atoms with E-state index in [1.807, 2.05) is 6.92 Å². The van der Waals surface area contributed by atoms with Crippen molar-refractivity contribution in [2.24, 2.45) is 0 Å². The first-order chi connectivity index (χ1) is 9.54. The van der Waals surface area contributed by atoms with Crippen LogP contribution in [0.3, 0.4) is 0 Å². The smallest absolute Gasteiger partial charge is 0.343 e. The SMILES string of the molecule is CCCn1c(Sc2cccc(F)c2C(C)O)n[nH]c1=O. The highest BCUT2D eigenvalue weighted by Gasteiger charge is 2.17. The zero-order valence-electron chi connectivity index (χ0n) is 11.3. The lowest BCUT2D eigenvalue weighted by atomic mass is 10.1. The number of H-pyrrole nitrogens is 1. The van der Waals surface area contributed by atoms with Crippen LogP contribution in [0.15, 0.2) is 33.0 Å². The second-order valence-corrected chi connectivity index (χ2v) is 5.40. The number of benzene rings is 1. The van der Waals surface area contributed by atoms with Crippen molar-refractivity contribution >= 4 is 11.8 Å². The van der Waals surface area contributed by atoms with Crippen LogP contribution in [0.5, 0.6) is 0 Å². The first-order valence-electron chi connectivity index (χ1n) is 6.34. The van der Waals surface area contributed by atoms with E-state index in [1.54, 1.807) is 12.1 Å². The summed E-state index contributed by atoms with van der Waals surface area (Å²) in [5.74, 6) is -0.468. The molecule has 0 bridgehead atoms. The van der Waals surface area contributed by atoms with Gasteiger partial charge in [0, 0.05) is 17.0 Å². The van der Waals surface area contributed by atoms with E-state index in [-0.39, 0.29) is 11.3 Å². The molecule has 2 aromatic rings. The number of hydrogen-bond acceptors (Lipinski definition) is 4. The van der Waals surface area contributed by atoms with Gasteiger partial charge in [0.25, 0.3) is 0 Å². The third-order valence-corrected chi connectivity index (χ3v) is 3.87. The van der Waals surface area contributed by atoms with Crippen LogP contribution in [-0.2, 0) is 6.54 Å². The van der Waals surface area contributed by atoms with Gasteiger partial charge in [-0.15, -0.1) is 5.10 Å². The average molecular weight is 297 g/mol. The molecule has 0 amide bonds. The van der Waals surface area contributed by atoms with E-state index >= 15 is 0 Å². The van der Waals surface area contributed by atoms with Crippen molar-refractivity contribution in [2.45, 2.75) is 43.0 Å². The van der Waals surface area contributed by atoms with Crippen LogP contribution >= 0.6 is 11.8 Å². The molecule has 0 saturated carbocycles. The Morgan fingerprint density at radius 2 is 2.30 bits per heavy atom. The summed E-state index contributed by atoms with van der Waals surface area (Å²) in [7, 11) is 0. The minimum absolute atomic E-state index is 0.219. The molecule has 0 aliphatic carbocycles. The van der Waals surface area contributed by atoms with E-state index in [1.165, 1.54) is 17.6 Å². The summed E-state index contributed by atoms with van der Waals surface area (Å²) < 4.78 is 15.3. The fraction of sp³-hybridized carbons (Fsp3) is 0.385. The molecule has 1 aromatic heterocycles. The maximum absolute atomic E-state index is 13.8. The van der Waals surface area contributed by atoms with Crippen molar-refractivity contribution in [3.05, 3.63) is 40.1 Å². The molecule has 1 atom stereocenters. The highest BCUT2D eigenvalue weighted by Crippen LogP contribution is 2.33. The van der Waals surface area contributed by atoms with Gasteiger partial charge >= 0.3 is 5.69 Å². The van der Waals surface area contributed by atoms with Crippen LogP contribution in [0, 0.1) is 5.82 Å². The fourth-order valence-electron chi connectivity index (χ4n) is 1.91. The van der Waals surface area contributed by atoms with E-state index < -0.39 is 11.9 Å². The molecule has 0 radical (unpaired) electrons. The number of aromatic nitrogens is 3. The van der Waals surface area contributed by atoms with Gasteiger partial charge in [-0.05, 0) is 37.2 Å². The largest absolute Gasteiger partial charge is 0.389 e. The molecule has 2 N–H and O–H groups in total. The Labute approximate surface area is 119 Å². The summed E-state index contributed by atoms with van der Waals surface area (Å²) in [5.41, 5.74) is -0.0691. The molecule has 0 fully saturated rings. The fourth-order valence-corrected chi connectivity index (χ4v) is 3.01. The Morgan fingerprint density at radius 3 is 2.95 bits per heavy atom. The van der Waals surface area contributed by atoms with Crippen LogP contribution < -0.4 is 5.69 Å². The molecule has 20 heavy (non-hydrogen) atoms. The van der Waals surface area contributed by atoms with Crippen LogP contribution in [0.25, 0.3) is 0 Å². The Balaban J connectivity index is 2.40. The second-order valence-electron chi connectivity index (χ2n) is 4.39. The van der Waals surface area contributed by atoms with Gasteiger partial charge in [-0.1, -0.05) is 13.0 Å².